The zero-order valence-electron chi connectivity index (χ0n) is 17.6. The first kappa shape index (κ1) is 23.9. The second-order valence-corrected chi connectivity index (χ2v) is 8.04. The molecule has 168 valence electrons. The van der Waals surface area contributed by atoms with Crippen LogP contribution in [0.15, 0.2) is 39.9 Å². The minimum atomic E-state index is -1.43. The topological polar surface area (TPSA) is 154 Å². The van der Waals surface area contributed by atoms with Gasteiger partial charge in [0, 0.05) is 6.54 Å². The van der Waals surface area contributed by atoms with Crippen molar-refractivity contribution in [2.24, 2.45) is 0 Å². The molecule has 0 spiro atoms. The van der Waals surface area contributed by atoms with Crippen LogP contribution in [-0.2, 0) is 16.0 Å². The first-order chi connectivity index (χ1) is 14.5. The van der Waals surface area contributed by atoms with Crippen LogP contribution >= 0.6 is 0 Å². The van der Waals surface area contributed by atoms with Crippen molar-refractivity contribution in [1.29, 1.82) is 0 Å². The van der Waals surface area contributed by atoms with Gasteiger partial charge in [-0.2, -0.15) is 0 Å². The summed E-state index contributed by atoms with van der Waals surface area (Å²) in [5, 5.41) is 26.1. The van der Waals surface area contributed by atoms with Crippen LogP contribution in [0.25, 0.3) is 0 Å². The van der Waals surface area contributed by atoms with Crippen LogP contribution in [0.4, 0.5) is 16.2 Å². The van der Waals surface area contributed by atoms with Crippen LogP contribution in [0.5, 0.6) is 0 Å². The number of aliphatic hydroxyl groups is 1. The lowest BCUT2D eigenvalue weighted by Crippen LogP contribution is -2.46. The van der Waals surface area contributed by atoms with E-state index in [0.29, 0.717) is 6.42 Å². The molecule has 0 heterocycles. The Labute approximate surface area is 178 Å². The molecule has 5 N–H and O–H groups in total. The van der Waals surface area contributed by atoms with Crippen LogP contribution in [0.3, 0.4) is 0 Å². The average molecular weight is 433 g/mol. The highest BCUT2D eigenvalue weighted by Crippen LogP contribution is 2.16. The lowest BCUT2D eigenvalue weighted by atomic mass is 10.1. The summed E-state index contributed by atoms with van der Waals surface area (Å²) in [6.45, 7) is 4.52. The number of carboxylic acids is 1. The van der Waals surface area contributed by atoms with Gasteiger partial charge in [0.05, 0.1) is 12.6 Å². The van der Waals surface area contributed by atoms with E-state index in [0.717, 1.165) is 5.56 Å². The van der Waals surface area contributed by atoms with E-state index in [1.54, 1.807) is 20.8 Å². The number of alkyl carbamates (subject to hydrolysis) is 1. The second kappa shape index (κ2) is 10.1. The minimum Gasteiger partial charge on any atom is -0.480 e. The van der Waals surface area contributed by atoms with Gasteiger partial charge in [-0.3, -0.25) is 9.59 Å². The molecular weight excluding hydrogens is 406 g/mol. The molecule has 0 aliphatic carbocycles. The molecule has 0 saturated carbocycles. The Bertz CT molecular complexity index is 975. The van der Waals surface area contributed by atoms with Crippen LogP contribution in [-0.4, -0.2) is 53.1 Å². The molecule has 2 aromatic rings. The highest BCUT2D eigenvalue weighted by Gasteiger charge is 2.27. The fraction of sp³-hybridized carbons (Fsp3) is 0.429. The maximum absolute atomic E-state index is 12.2. The summed E-state index contributed by atoms with van der Waals surface area (Å²) >= 11 is 0. The molecule has 1 amide bonds. The number of rotatable bonds is 10. The van der Waals surface area contributed by atoms with Gasteiger partial charge in [-0.05, 0) is 32.8 Å². The molecule has 0 bridgehead atoms. The Morgan fingerprint density at radius 2 is 1.68 bits per heavy atom. The molecule has 10 nitrogen and oxygen atoms in total. The fourth-order valence-corrected chi connectivity index (χ4v) is 2.83. The van der Waals surface area contributed by atoms with Crippen LogP contribution in [0, 0.1) is 0 Å². The van der Waals surface area contributed by atoms with Crippen molar-refractivity contribution >= 4 is 23.4 Å². The molecule has 0 unspecified atom stereocenters. The molecule has 0 fully saturated rings. The van der Waals surface area contributed by atoms with E-state index in [2.05, 4.69) is 16.0 Å². The Balaban J connectivity index is 2.13. The monoisotopic (exact) mass is 433 g/mol. The third kappa shape index (κ3) is 6.82. The molecule has 2 atom stereocenters. The van der Waals surface area contributed by atoms with E-state index < -0.39 is 47.2 Å². The summed E-state index contributed by atoms with van der Waals surface area (Å²) in [6.07, 6.45) is -0.218. The SMILES string of the molecule is CC(C)(C)OC(=O)N[C@H](CNc1c(N[C@@H](CO)C(=O)O)c(=O)c1=O)Cc1ccccc1. The summed E-state index contributed by atoms with van der Waals surface area (Å²) in [6, 6.07) is 7.41. The molecule has 0 aliphatic rings. The summed E-state index contributed by atoms with van der Waals surface area (Å²) < 4.78 is 5.29. The van der Waals surface area contributed by atoms with E-state index >= 15 is 0 Å². The van der Waals surface area contributed by atoms with E-state index in [1.807, 2.05) is 30.3 Å². The third-order valence-corrected chi connectivity index (χ3v) is 4.28. The third-order valence-electron chi connectivity index (χ3n) is 4.28. The van der Waals surface area contributed by atoms with Gasteiger partial charge in [0.2, 0.25) is 0 Å². The Morgan fingerprint density at radius 3 is 2.23 bits per heavy atom. The molecule has 0 saturated heterocycles. The van der Waals surface area contributed by atoms with Gasteiger partial charge >= 0.3 is 12.1 Å². The van der Waals surface area contributed by atoms with Gasteiger partial charge < -0.3 is 30.9 Å². The van der Waals surface area contributed by atoms with Crippen molar-refractivity contribution in [2.75, 3.05) is 23.8 Å². The van der Waals surface area contributed by atoms with Gasteiger partial charge in [0.25, 0.3) is 10.9 Å². The normalized spacial score (nSPS) is 13.3. The van der Waals surface area contributed by atoms with Crippen molar-refractivity contribution in [2.45, 2.75) is 44.9 Å². The summed E-state index contributed by atoms with van der Waals surface area (Å²) in [7, 11) is 0. The number of aliphatic hydroxyl groups excluding tert-OH is 1. The number of ether oxygens (including phenoxy) is 1. The standard InChI is InChI=1S/C21H27N3O7/c1-21(2,3)31-20(30)23-13(9-12-7-5-4-6-8-12)10-22-15-16(18(27)17(15)26)24-14(11-25)19(28)29/h4-8,13-14,22,24-25H,9-11H2,1-3H3,(H,23,30)(H,28,29)/t13-,14-/m0/s1. The predicted molar refractivity (Wildman–Crippen MR) is 115 cm³/mol. The van der Waals surface area contributed by atoms with Crippen molar-refractivity contribution in [3.8, 4) is 0 Å². The van der Waals surface area contributed by atoms with E-state index in [9.17, 15) is 19.2 Å². The van der Waals surface area contributed by atoms with Gasteiger partial charge in [-0.1, -0.05) is 30.3 Å². The summed E-state index contributed by atoms with van der Waals surface area (Å²) in [5.74, 6) is -1.37. The van der Waals surface area contributed by atoms with Crippen LogP contribution in [0.1, 0.15) is 26.3 Å². The van der Waals surface area contributed by atoms with Gasteiger partial charge in [0.15, 0.2) is 0 Å². The maximum atomic E-state index is 12.2. The fourth-order valence-electron chi connectivity index (χ4n) is 2.83. The summed E-state index contributed by atoms with van der Waals surface area (Å²) in [4.78, 5) is 47.1. The van der Waals surface area contributed by atoms with E-state index in [4.69, 9.17) is 14.9 Å². The number of anilines is 2. The number of carboxylic acid groups (broad SMARTS) is 1. The largest absolute Gasteiger partial charge is 0.480 e. The lowest BCUT2D eigenvalue weighted by Gasteiger charge is -2.25. The maximum Gasteiger partial charge on any atom is 0.407 e. The van der Waals surface area contributed by atoms with E-state index in [-0.39, 0.29) is 17.9 Å². The molecule has 2 rings (SSSR count). The molecule has 2 aromatic carbocycles. The highest BCUT2D eigenvalue weighted by atomic mass is 16.6. The van der Waals surface area contributed by atoms with Gasteiger partial charge in [0.1, 0.15) is 23.0 Å². The Morgan fingerprint density at radius 1 is 1.06 bits per heavy atom. The quantitative estimate of drug-likeness (QED) is 0.340. The molecule has 0 aliphatic heterocycles. The molecule has 10 heteroatoms. The van der Waals surface area contributed by atoms with Crippen molar-refractivity contribution in [3.05, 3.63) is 56.3 Å². The molecule has 31 heavy (non-hydrogen) atoms. The number of hydrogen-bond acceptors (Lipinski definition) is 8. The number of hydrogen-bond donors (Lipinski definition) is 5. The Kier molecular flexibility index (Phi) is 7.76. The minimum absolute atomic E-state index is 0.0739. The van der Waals surface area contributed by atoms with Crippen molar-refractivity contribution in [1.82, 2.24) is 5.32 Å². The van der Waals surface area contributed by atoms with Crippen LogP contribution < -0.4 is 26.8 Å². The number of aliphatic carboxylic acids is 1. The highest BCUT2D eigenvalue weighted by molar-refractivity contribution is 5.82. The Hall–Kier alpha value is -3.40. The van der Waals surface area contributed by atoms with Gasteiger partial charge in [-0.15, -0.1) is 0 Å². The van der Waals surface area contributed by atoms with Crippen molar-refractivity contribution < 1.29 is 24.5 Å². The van der Waals surface area contributed by atoms with Crippen LogP contribution in [0.2, 0.25) is 0 Å². The zero-order valence-corrected chi connectivity index (χ0v) is 17.6. The smallest absolute Gasteiger partial charge is 0.407 e. The number of carbonyl (C=O) groups is 2. The summed E-state index contributed by atoms with van der Waals surface area (Å²) in [5.41, 5.74) is -1.74. The number of amides is 1. The van der Waals surface area contributed by atoms with Gasteiger partial charge in [-0.25, -0.2) is 9.59 Å². The first-order valence-corrected chi connectivity index (χ1v) is 9.72. The second-order valence-electron chi connectivity index (χ2n) is 8.04. The molecular formula is C21H27N3O7. The number of benzene rings is 1. The zero-order chi connectivity index (χ0) is 23.2. The predicted octanol–water partition coefficient (Wildman–Crippen LogP) is 0.688. The number of carbonyl (C=O) groups excluding carboxylic acids is 1. The molecule has 0 aromatic heterocycles. The first-order valence-electron chi connectivity index (χ1n) is 9.72. The number of nitrogens with one attached hydrogen (secondary N) is 3. The molecule has 0 radical (unpaired) electrons. The van der Waals surface area contributed by atoms with E-state index in [1.165, 1.54) is 0 Å². The van der Waals surface area contributed by atoms with Crippen molar-refractivity contribution in [3.63, 3.8) is 0 Å². The average Bonchev–Trinajstić information content (AvgIpc) is 2.68. The lowest BCUT2D eigenvalue weighted by molar-refractivity contribution is -0.138.